The monoisotopic (exact) mass is 248 g/mol. The average molecular weight is 249 g/mol. The standard InChI is InChI=1S/C9H13ClN2O2S/c1-6-3-4-12-7(2)11-9(8(12)5-6)15(10,13)14/h6H,3-5H2,1-2H3. The van der Waals surface area contributed by atoms with Crippen LogP contribution in [0.5, 0.6) is 0 Å². The van der Waals surface area contributed by atoms with E-state index in [0.717, 1.165) is 30.9 Å². The lowest BCUT2D eigenvalue weighted by molar-refractivity contribution is 0.407. The molecule has 0 N–H and O–H groups in total. The van der Waals surface area contributed by atoms with Crippen molar-refractivity contribution in [2.24, 2.45) is 5.92 Å². The van der Waals surface area contributed by atoms with Gasteiger partial charge in [0.25, 0.3) is 9.05 Å². The lowest BCUT2D eigenvalue weighted by Gasteiger charge is -2.21. The minimum absolute atomic E-state index is 0.0493. The summed E-state index contributed by atoms with van der Waals surface area (Å²) in [6.07, 6.45) is 1.80. The molecule has 1 aliphatic rings. The summed E-state index contributed by atoms with van der Waals surface area (Å²) in [5, 5.41) is 0.0493. The number of fused-ring (bicyclic) bond motifs is 1. The fourth-order valence-electron chi connectivity index (χ4n) is 2.05. The number of hydrogen-bond donors (Lipinski definition) is 0. The van der Waals surface area contributed by atoms with Gasteiger partial charge in [-0.15, -0.1) is 0 Å². The summed E-state index contributed by atoms with van der Waals surface area (Å²) < 4.78 is 24.6. The van der Waals surface area contributed by atoms with E-state index in [9.17, 15) is 8.42 Å². The predicted molar refractivity (Wildman–Crippen MR) is 57.5 cm³/mol. The second kappa shape index (κ2) is 3.49. The van der Waals surface area contributed by atoms with Gasteiger partial charge in [0.1, 0.15) is 5.82 Å². The van der Waals surface area contributed by atoms with Gasteiger partial charge in [-0.05, 0) is 25.7 Å². The van der Waals surface area contributed by atoms with Crippen LogP contribution in [0.2, 0.25) is 0 Å². The van der Waals surface area contributed by atoms with Crippen molar-refractivity contribution < 1.29 is 8.42 Å². The topological polar surface area (TPSA) is 52.0 Å². The van der Waals surface area contributed by atoms with Gasteiger partial charge >= 0.3 is 0 Å². The third-order valence-corrected chi connectivity index (χ3v) is 4.07. The summed E-state index contributed by atoms with van der Waals surface area (Å²) >= 11 is 0. The van der Waals surface area contributed by atoms with Gasteiger partial charge in [-0.2, -0.15) is 0 Å². The van der Waals surface area contributed by atoms with Crippen molar-refractivity contribution in [2.45, 2.75) is 38.3 Å². The molecule has 6 heteroatoms. The highest BCUT2D eigenvalue weighted by Gasteiger charge is 2.27. The van der Waals surface area contributed by atoms with E-state index in [1.165, 1.54) is 0 Å². The molecule has 0 saturated heterocycles. The molecule has 0 aromatic carbocycles. The van der Waals surface area contributed by atoms with Crippen LogP contribution < -0.4 is 0 Å². The Kier molecular flexibility index (Phi) is 2.55. The van der Waals surface area contributed by atoms with Crippen LogP contribution in [0.1, 0.15) is 24.9 Å². The summed E-state index contributed by atoms with van der Waals surface area (Å²) in [4.78, 5) is 4.04. The Labute approximate surface area is 93.7 Å². The van der Waals surface area contributed by atoms with E-state index in [2.05, 4.69) is 11.9 Å². The van der Waals surface area contributed by atoms with E-state index in [0.29, 0.717) is 5.92 Å². The molecule has 2 rings (SSSR count). The molecule has 1 atom stereocenters. The molecule has 1 aromatic heterocycles. The van der Waals surface area contributed by atoms with Gasteiger partial charge < -0.3 is 4.57 Å². The normalized spacial score (nSPS) is 21.4. The minimum Gasteiger partial charge on any atom is -0.331 e. The molecule has 2 heterocycles. The van der Waals surface area contributed by atoms with Crippen molar-refractivity contribution in [3.05, 3.63) is 11.5 Å². The molecule has 0 amide bonds. The number of imidazole rings is 1. The van der Waals surface area contributed by atoms with E-state index in [-0.39, 0.29) is 5.03 Å². The lowest BCUT2D eigenvalue weighted by atomic mass is 9.99. The Morgan fingerprint density at radius 1 is 1.53 bits per heavy atom. The first kappa shape index (κ1) is 11.0. The third kappa shape index (κ3) is 1.90. The van der Waals surface area contributed by atoms with Crippen LogP contribution >= 0.6 is 10.7 Å². The minimum atomic E-state index is -3.71. The number of rotatable bonds is 1. The van der Waals surface area contributed by atoms with Crippen LogP contribution in [0.15, 0.2) is 5.03 Å². The van der Waals surface area contributed by atoms with Crippen molar-refractivity contribution >= 4 is 19.7 Å². The fraction of sp³-hybridized carbons (Fsp3) is 0.667. The van der Waals surface area contributed by atoms with E-state index >= 15 is 0 Å². The zero-order valence-corrected chi connectivity index (χ0v) is 10.3. The summed E-state index contributed by atoms with van der Waals surface area (Å²) in [7, 11) is 1.65. The molecule has 1 aromatic rings. The maximum Gasteiger partial charge on any atom is 0.280 e. The molecule has 1 unspecified atom stereocenters. The molecule has 0 spiro atoms. The Balaban J connectivity index is 2.60. The van der Waals surface area contributed by atoms with E-state index in [1.807, 2.05) is 11.5 Å². The average Bonchev–Trinajstić information content (AvgIpc) is 2.42. The smallest absolute Gasteiger partial charge is 0.280 e. The molecule has 1 aliphatic heterocycles. The van der Waals surface area contributed by atoms with E-state index in [1.54, 1.807) is 0 Å². The lowest BCUT2D eigenvalue weighted by Crippen LogP contribution is -2.18. The van der Waals surface area contributed by atoms with E-state index in [4.69, 9.17) is 10.7 Å². The van der Waals surface area contributed by atoms with Crippen LogP contribution in [-0.2, 0) is 22.0 Å². The van der Waals surface area contributed by atoms with Crippen molar-refractivity contribution in [3.8, 4) is 0 Å². The Morgan fingerprint density at radius 3 is 2.80 bits per heavy atom. The second-order valence-corrected chi connectivity index (χ2v) is 6.58. The van der Waals surface area contributed by atoms with Crippen molar-refractivity contribution in [2.75, 3.05) is 0 Å². The third-order valence-electron chi connectivity index (χ3n) is 2.84. The number of aromatic nitrogens is 2. The molecule has 0 bridgehead atoms. The van der Waals surface area contributed by atoms with Gasteiger partial charge in [-0.25, -0.2) is 13.4 Å². The van der Waals surface area contributed by atoms with Gasteiger partial charge in [0, 0.05) is 17.2 Å². The Bertz CT molecular complexity index is 492. The van der Waals surface area contributed by atoms with Crippen LogP contribution in [0.3, 0.4) is 0 Å². The first-order chi connectivity index (χ1) is 6.89. The summed E-state index contributed by atoms with van der Waals surface area (Å²) in [5.41, 5.74) is 0.765. The highest BCUT2D eigenvalue weighted by atomic mass is 35.7. The summed E-state index contributed by atoms with van der Waals surface area (Å²) in [5.74, 6) is 1.22. The van der Waals surface area contributed by atoms with Crippen molar-refractivity contribution in [1.82, 2.24) is 9.55 Å². The number of halogens is 1. The van der Waals surface area contributed by atoms with Gasteiger partial charge in [-0.3, -0.25) is 0 Å². The molecule has 0 radical (unpaired) electrons. The zero-order chi connectivity index (χ0) is 11.2. The first-order valence-electron chi connectivity index (χ1n) is 4.90. The van der Waals surface area contributed by atoms with Crippen molar-refractivity contribution in [1.29, 1.82) is 0 Å². The van der Waals surface area contributed by atoms with Gasteiger partial charge in [-0.1, -0.05) is 6.92 Å². The van der Waals surface area contributed by atoms with Crippen LogP contribution in [-0.4, -0.2) is 18.0 Å². The quantitative estimate of drug-likeness (QED) is 0.711. The number of hydrogen-bond acceptors (Lipinski definition) is 3. The van der Waals surface area contributed by atoms with Gasteiger partial charge in [0.2, 0.25) is 0 Å². The van der Waals surface area contributed by atoms with Gasteiger partial charge in [0.15, 0.2) is 5.03 Å². The molecule has 84 valence electrons. The summed E-state index contributed by atoms with van der Waals surface area (Å²) in [6, 6.07) is 0. The fourth-order valence-corrected chi connectivity index (χ4v) is 3.14. The van der Waals surface area contributed by atoms with Crippen LogP contribution in [0.25, 0.3) is 0 Å². The van der Waals surface area contributed by atoms with E-state index < -0.39 is 9.05 Å². The zero-order valence-electron chi connectivity index (χ0n) is 8.70. The van der Waals surface area contributed by atoms with Crippen LogP contribution in [0.4, 0.5) is 0 Å². The SMILES string of the molecule is Cc1nc(S(=O)(=O)Cl)c2n1CCC(C)C2. The maximum atomic E-state index is 11.3. The van der Waals surface area contributed by atoms with Crippen molar-refractivity contribution in [3.63, 3.8) is 0 Å². The molecule has 15 heavy (non-hydrogen) atoms. The first-order valence-corrected chi connectivity index (χ1v) is 7.21. The molecule has 4 nitrogen and oxygen atoms in total. The number of nitrogens with zero attached hydrogens (tertiary/aromatic N) is 2. The highest BCUT2D eigenvalue weighted by molar-refractivity contribution is 8.13. The molecule has 0 saturated carbocycles. The van der Waals surface area contributed by atoms with Crippen LogP contribution in [0, 0.1) is 12.8 Å². The predicted octanol–water partition coefficient (Wildman–Crippen LogP) is 1.70. The maximum absolute atomic E-state index is 11.3. The molecule has 0 fully saturated rings. The second-order valence-electron chi connectivity index (χ2n) is 4.10. The van der Waals surface area contributed by atoms with Gasteiger partial charge in [0.05, 0.1) is 5.69 Å². The largest absolute Gasteiger partial charge is 0.331 e. The molecular weight excluding hydrogens is 236 g/mol. The Morgan fingerprint density at radius 2 is 2.20 bits per heavy atom. The highest BCUT2D eigenvalue weighted by Crippen LogP contribution is 2.28. The Hall–Kier alpha value is -0.550. The summed E-state index contributed by atoms with van der Waals surface area (Å²) in [6.45, 7) is 4.75. The molecular formula is C9H13ClN2O2S. The molecule has 0 aliphatic carbocycles. The number of aryl methyl sites for hydroxylation is 1.